The van der Waals surface area contributed by atoms with Gasteiger partial charge in [0.1, 0.15) is 24.4 Å². The van der Waals surface area contributed by atoms with Crippen LogP contribution >= 0.6 is 0 Å². The number of rotatable bonds is 5. The fraction of sp³-hybridized carbons (Fsp3) is 0.905. The molecular weight excluding hydrogens is 396 g/mol. The Morgan fingerprint density at radius 2 is 1.80 bits per heavy atom. The molecule has 174 valence electrons. The Labute approximate surface area is 176 Å². The van der Waals surface area contributed by atoms with Gasteiger partial charge in [0.15, 0.2) is 6.29 Å². The summed E-state index contributed by atoms with van der Waals surface area (Å²) in [6, 6.07) is 0. The second-order valence-corrected chi connectivity index (χ2v) is 9.67. The van der Waals surface area contributed by atoms with Gasteiger partial charge in [-0.3, -0.25) is 0 Å². The van der Waals surface area contributed by atoms with Gasteiger partial charge in [-0.15, -0.1) is 0 Å². The van der Waals surface area contributed by atoms with Gasteiger partial charge in [0.05, 0.1) is 31.0 Å². The van der Waals surface area contributed by atoms with Crippen molar-refractivity contribution >= 4 is 0 Å². The van der Waals surface area contributed by atoms with E-state index in [1.54, 1.807) is 13.8 Å². The third kappa shape index (κ3) is 3.96. The second-order valence-electron chi connectivity index (χ2n) is 9.67. The van der Waals surface area contributed by atoms with Crippen molar-refractivity contribution in [3.8, 4) is 0 Å². The third-order valence-corrected chi connectivity index (χ3v) is 7.42. The maximum Gasteiger partial charge on any atom is 0.187 e. The normalized spacial score (nSPS) is 47.5. The second kappa shape index (κ2) is 8.73. The van der Waals surface area contributed by atoms with Crippen molar-refractivity contribution in [1.82, 2.24) is 0 Å². The van der Waals surface area contributed by atoms with Crippen LogP contribution in [0.1, 0.15) is 40.0 Å². The van der Waals surface area contributed by atoms with E-state index in [1.165, 1.54) is 0 Å². The van der Waals surface area contributed by atoms with Crippen LogP contribution in [-0.2, 0) is 9.47 Å². The van der Waals surface area contributed by atoms with Crippen LogP contribution in [0.4, 0.5) is 0 Å². The van der Waals surface area contributed by atoms with Gasteiger partial charge in [0.25, 0.3) is 0 Å². The lowest BCUT2D eigenvalue weighted by Gasteiger charge is -2.57. The Morgan fingerprint density at radius 3 is 2.37 bits per heavy atom. The van der Waals surface area contributed by atoms with Crippen LogP contribution in [0.5, 0.6) is 0 Å². The van der Waals surface area contributed by atoms with Gasteiger partial charge in [-0.1, -0.05) is 11.6 Å². The number of hydrogen-bond acceptors (Lipinski definition) is 9. The minimum absolute atomic E-state index is 0.267. The number of fused-ring (bicyclic) bond motifs is 1. The highest BCUT2D eigenvalue weighted by Gasteiger charge is 2.58. The quantitative estimate of drug-likeness (QED) is 0.261. The fourth-order valence-electron chi connectivity index (χ4n) is 5.60. The maximum atomic E-state index is 10.8. The van der Waals surface area contributed by atoms with E-state index < -0.39 is 72.4 Å². The summed E-state index contributed by atoms with van der Waals surface area (Å²) < 4.78 is 11.7. The van der Waals surface area contributed by atoms with Crippen molar-refractivity contribution in [3.63, 3.8) is 0 Å². The molecule has 0 aromatic carbocycles. The van der Waals surface area contributed by atoms with Crippen molar-refractivity contribution in [2.24, 2.45) is 17.3 Å². The average Bonchev–Trinajstić information content (AvgIpc) is 2.70. The van der Waals surface area contributed by atoms with Crippen molar-refractivity contribution in [3.05, 3.63) is 11.6 Å². The minimum atomic E-state index is -1.58. The molecule has 0 bridgehead atoms. The van der Waals surface area contributed by atoms with Crippen molar-refractivity contribution in [2.75, 3.05) is 13.2 Å². The average molecular weight is 433 g/mol. The van der Waals surface area contributed by atoms with Gasteiger partial charge >= 0.3 is 0 Å². The molecule has 30 heavy (non-hydrogen) atoms. The molecule has 3 rings (SSSR count). The van der Waals surface area contributed by atoms with Crippen LogP contribution in [0.25, 0.3) is 0 Å². The SMILES string of the molecule is CC1=CCC(O)C2(CO)CCC(C(C)(C)O)C(OC3OC(CO)C(O)C(O)C3O)C12. The predicted octanol–water partition coefficient (Wildman–Crippen LogP) is -1.34. The predicted molar refractivity (Wildman–Crippen MR) is 105 cm³/mol. The molecule has 0 radical (unpaired) electrons. The van der Waals surface area contributed by atoms with E-state index in [0.29, 0.717) is 19.3 Å². The molecule has 2 fully saturated rings. The van der Waals surface area contributed by atoms with Crippen LogP contribution in [0.3, 0.4) is 0 Å². The smallest absolute Gasteiger partial charge is 0.187 e. The molecule has 1 aliphatic heterocycles. The van der Waals surface area contributed by atoms with E-state index in [-0.39, 0.29) is 6.61 Å². The Kier molecular flexibility index (Phi) is 6.99. The Bertz CT molecular complexity index is 630. The van der Waals surface area contributed by atoms with Crippen molar-refractivity contribution < 1.29 is 45.2 Å². The molecule has 2 aliphatic carbocycles. The molecule has 0 spiro atoms. The van der Waals surface area contributed by atoms with Gasteiger partial charge < -0.3 is 45.2 Å². The van der Waals surface area contributed by atoms with Gasteiger partial charge in [0, 0.05) is 17.3 Å². The Balaban J connectivity index is 1.98. The van der Waals surface area contributed by atoms with Gasteiger partial charge in [0.2, 0.25) is 0 Å². The molecule has 1 saturated carbocycles. The molecule has 9 heteroatoms. The number of aliphatic hydroxyl groups excluding tert-OH is 6. The highest BCUT2D eigenvalue weighted by molar-refractivity contribution is 5.22. The Hall–Kier alpha value is -0.620. The lowest BCUT2D eigenvalue weighted by molar-refractivity contribution is -0.331. The molecule has 10 atom stereocenters. The number of ether oxygens (including phenoxy) is 2. The first kappa shape index (κ1) is 24.0. The summed E-state index contributed by atoms with van der Waals surface area (Å²) in [7, 11) is 0. The van der Waals surface area contributed by atoms with E-state index in [0.717, 1.165) is 5.57 Å². The molecule has 0 aromatic rings. The van der Waals surface area contributed by atoms with Gasteiger partial charge in [-0.2, -0.15) is 0 Å². The summed E-state index contributed by atoms with van der Waals surface area (Å²) in [5, 5.41) is 72.0. The van der Waals surface area contributed by atoms with Crippen LogP contribution in [0.2, 0.25) is 0 Å². The van der Waals surface area contributed by atoms with E-state index in [1.807, 2.05) is 13.0 Å². The first-order valence-corrected chi connectivity index (χ1v) is 10.6. The maximum absolute atomic E-state index is 10.8. The summed E-state index contributed by atoms with van der Waals surface area (Å²) in [5.41, 5.74) is -1.12. The van der Waals surface area contributed by atoms with Crippen molar-refractivity contribution in [1.29, 1.82) is 0 Å². The summed E-state index contributed by atoms with van der Waals surface area (Å²) in [6.07, 6.45) is -5.44. The van der Waals surface area contributed by atoms with Crippen LogP contribution in [-0.4, -0.2) is 97.5 Å². The monoisotopic (exact) mass is 432 g/mol. The van der Waals surface area contributed by atoms with Crippen LogP contribution in [0.15, 0.2) is 11.6 Å². The minimum Gasteiger partial charge on any atom is -0.396 e. The zero-order valence-electron chi connectivity index (χ0n) is 17.8. The van der Waals surface area contributed by atoms with E-state index in [4.69, 9.17) is 9.47 Å². The zero-order valence-corrected chi connectivity index (χ0v) is 17.8. The molecule has 7 N–H and O–H groups in total. The highest BCUT2D eigenvalue weighted by atomic mass is 16.7. The molecule has 1 saturated heterocycles. The highest BCUT2D eigenvalue weighted by Crippen LogP contribution is 2.55. The fourth-order valence-corrected chi connectivity index (χ4v) is 5.60. The van der Waals surface area contributed by atoms with Crippen molar-refractivity contribution in [2.45, 2.75) is 88.5 Å². The largest absolute Gasteiger partial charge is 0.396 e. The molecule has 10 unspecified atom stereocenters. The standard InChI is InChI=1S/C21H36O9/c1-10-4-5-13(24)21(9-23)7-6-11(20(2,3)28)18(14(10)21)30-19-17(27)16(26)15(25)12(8-22)29-19/h4,11-19,22-28H,5-9H2,1-3H3. The Morgan fingerprint density at radius 1 is 1.13 bits per heavy atom. The molecule has 0 aromatic heterocycles. The summed E-state index contributed by atoms with van der Waals surface area (Å²) in [5.74, 6) is -0.869. The summed E-state index contributed by atoms with van der Waals surface area (Å²) in [6.45, 7) is 4.36. The first-order valence-electron chi connectivity index (χ1n) is 10.6. The lowest BCUT2D eigenvalue weighted by Crippen LogP contribution is -2.64. The lowest BCUT2D eigenvalue weighted by atomic mass is 9.53. The molecule has 1 heterocycles. The van der Waals surface area contributed by atoms with Crippen LogP contribution in [0, 0.1) is 17.3 Å². The topological polar surface area (TPSA) is 160 Å². The van der Waals surface area contributed by atoms with Gasteiger partial charge in [-0.25, -0.2) is 0 Å². The number of hydrogen-bond donors (Lipinski definition) is 7. The van der Waals surface area contributed by atoms with E-state index >= 15 is 0 Å². The van der Waals surface area contributed by atoms with E-state index in [2.05, 4.69) is 0 Å². The first-order chi connectivity index (χ1) is 14.0. The summed E-state index contributed by atoms with van der Waals surface area (Å²) >= 11 is 0. The third-order valence-electron chi connectivity index (χ3n) is 7.42. The molecule has 3 aliphatic rings. The van der Waals surface area contributed by atoms with Crippen LogP contribution < -0.4 is 0 Å². The molecule has 0 amide bonds. The molecule has 9 nitrogen and oxygen atoms in total. The zero-order chi connectivity index (χ0) is 22.4. The van der Waals surface area contributed by atoms with Gasteiger partial charge in [-0.05, 0) is 40.0 Å². The van der Waals surface area contributed by atoms with E-state index in [9.17, 15) is 35.7 Å². The summed E-state index contributed by atoms with van der Waals surface area (Å²) in [4.78, 5) is 0. The molecular formula is C21H36O9. The number of aliphatic hydroxyl groups is 7.